The molecule has 176 valence electrons. The summed E-state index contributed by atoms with van der Waals surface area (Å²) < 4.78 is 10.8. The van der Waals surface area contributed by atoms with Gasteiger partial charge >= 0.3 is 5.97 Å². The minimum Gasteiger partial charge on any atom is -0.464 e. The molecule has 4 aliphatic heterocycles. The number of nitrogens with one attached hydrogen (secondary N) is 1. The van der Waals surface area contributed by atoms with Crippen LogP contribution >= 0.6 is 0 Å². The van der Waals surface area contributed by atoms with Crippen molar-refractivity contribution in [2.45, 2.75) is 63.2 Å². The third kappa shape index (κ3) is 4.30. The molecule has 4 fully saturated rings. The maximum atomic E-state index is 13.3. The Balaban J connectivity index is 1.60. The Morgan fingerprint density at radius 2 is 1.50 bits per heavy atom. The second kappa shape index (κ2) is 9.43. The van der Waals surface area contributed by atoms with Gasteiger partial charge < -0.3 is 29.5 Å². The quantitative estimate of drug-likeness (QED) is 0.452. The summed E-state index contributed by atoms with van der Waals surface area (Å²) in [5.41, 5.74) is 0. The van der Waals surface area contributed by atoms with Crippen molar-refractivity contribution < 1.29 is 33.4 Å². The number of rotatable bonds is 0. The molecule has 0 spiro atoms. The molecule has 4 saturated heterocycles. The third-order valence-electron chi connectivity index (χ3n) is 6.67. The molecular weight excluding hydrogens is 420 g/mol. The lowest BCUT2D eigenvalue weighted by Crippen LogP contribution is -2.61. The van der Waals surface area contributed by atoms with E-state index < -0.39 is 36.0 Å². The first-order chi connectivity index (χ1) is 15.4. The number of amides is 4. The number of hydrogen-bond donors (Lipinski definition) is 1. The van der Waals surface area contributed by atoms with Crippen molar-refractivity contribution >= 4 is 29.6 Å². The molecule has 4 aliphatic rings. The van der Waals surface area contributed by atoms with E-state index in [0.29, 0.717) is 45.4 Å². The van der Waals surface area contributed by atoms with Crippen LogP contribution in [0, 0.1) is 0 Å². The van der Waals surface area contributed by atoms with Crippen LogP contribution in [0.1, 0.15) is 39.0 Å². The van der Waals surface area contributed by atoms with Gasteiger partial charge in [0.1, 0.15) is 30.8 Å². The van der Waals surface area contributed by atoms with Gasteiger partial charge in [-0.3, -0.25) is 19.2 Å². The van der Waals surface area contributed by atoms with Crippen molar-refractivity contribution in [3.63, 3.8) is 0 Å². The molecule has 4 rings (SSSR count). The number of fused-ring (bicyclic) bond motifs is 3. The van der Waals surface area contributed by atoms with E-state index in [0.717, 1.165) is 0 Å². The van der Waals surface area contributed by atoms with Crippen molar-refractivity contribution in [3.8, 4) is 0 Å². The first-order valence-electron chi connectivity index (χ1n) is 11.3. The van der Waals surface area contributed by atoms with E-state index in [1.54, 1.807) is 6.92 Å². The molecule has 0 bridgehead atoms. The molecule has 32 heavy (non-hydrogen) atoms. The SMILES string of the molecule is CC1NC(=O)C2COCCN2C(=O)C2CCCN2C(=O)CCOC(=O)C2CCCN2C1=O. The van der Waals surface area contributed by atoms with Gasteiger partial charge in [0.15, 0.2) is 0 Å². The molecule has 0 aromatic carbocycles. The number of ether oxygens (including phenoxy) is 2. The van der Waals surface area contributed by atoms with Crippen molar-refractivity contribution in [3.05, 3.63) is 0 Å². The fraction of sp³-hybridized carbons (Fsp3) is 0.762. The molecule has 4 heterocycles. The van der Waals surface area contributed by atoms with E-state index in [2.05, 4.69) is 5.32 Å². The second-order valence-corrected chi connectivity index (χ2v) is 8.70. The van der Waals surface area contributed by atoms with Gasteiger partial charge in [-0.2, -0.15) is 0 Å². The highest BCUT2D eigenvalue weighted by Crippen LogP contribution is 2.24. The van der Waals surface area contributed by atoms with Gasteiger partial charge in [-0.05, 0) is 32.6 Å². The molecule has 0 saturated carbocycles. The zero-order valence-electron chi connectivity index (χ0n) is 18.3. The fourth-order valence-electron chi connectivity index (χ4n) is 4.97. The summed E-state index contributed by atoms with van der Waals surface area (Å²) in [5.74, 6) is -1.96. The minimum atomic E-state index is -0.878. The van der Waals surface area contributed by atoms with Crippen LogP contribution in [0.25, 0.3) is 0 Å². The summed E-state index contributed by atoms with van der Waals surface area (Å²) in [4.78, 5) is 69.1. The Hall–Kier alpha value is -2.69. The van der Waals surface area contributed by atoms with Crippen LogP contribution in [0.2, 0.25) is 0 Å². The first kappa shape index (κ1) is 22.5. The van der Waals surface area contributed by atoms with Crippen LogP contribution < -0.4 is 5.32 Å². The van der Waals surface area contributed by atoms with E-state index >= 15 is 0 Å². The smallest absolute Gasteiger partial charge is 0.328 e. The highest BCUT2D eigenvalue weighted by molar-refractivity contribution is 5.95. The first-order valence-corrected chi connectivity index (χ1v) is 11.3. The molecule has 0 aromatic heterocycles. The maximum absolute atomic E-state index is 13.3. The van der Waals surface area contributed by atoms with Gasteiger partial charge in [0.25, 0.3) is 0 Å². The highest BCUT2D eigenvalue weighted by Gasteiger charge is 2.43. The standard InChI is InChI=1S/C21H30N4O7/c1-13-19(28)24-8-3-5-15(24)21(30)32-10-6-17(26)23-7-2-4-14(23)20(29)25-9-11-31-12-16(25)18(27)22-13/h13-16H,2-12H2,1H3,(H,22,27). The van der Waals surface area contributed by atoms with Gasteiger partial charge in [0.2, 0.25) is 23.6 Å². The monoisotopic (exact) mass is 450 g/mol. The minimum absolute atomic E-state index is 0.0256. The lowest BCUT2D eigenvalue weighted by atomic mass is 10.1. The van der Waals surface area contributed by atoms with Crippen LogP contribution in [0.15, 0.2) is 0 Å². The zero-order chi connectivity index (χ0) is 22.8. The predicted octanol–water partition coefficient (Wildman–Crippen LogP) is -1.35. The Morgan fingerprint density at radius 3 is 2.28 bits per heavy atom. The summed E-state index contributed by atoms with van der Waals surface area (Å²) in [6, 6.07) is -3.12. The molecule has 0 aromatic rings. The maximum Gasteiger partial charge on any atom is 0.328 e. The van der Waals surface area contributed by atoms with E-state index in [-0.39, 0.29) is 43.9 Å². The van der Waals surface area contributed by atoms with E-state index in [4.69, 9.17) is 9.47 Å². The number of carbonyl (C=O) groups is 5. The van der Waals surface area contributed by atoms with Gasteiger partial charge in [0, 0.05) is 19.6 Å². The average Bonchev–Trinajstić information content (AvgIpc) is 3.47. The van der Waals surface area contributed by atoms with Crippen molar-refractivity contribution in [1.82, 2.24) is 20.0 Å². The number of carbonyl (C=O) groups excluding carboxylic acids is 5. The predicted molar refractivity (Wildman–Crippen MR) is 109 cm³/mol. The molecule has 11 nitrogen and oxygen atoms in total. The molecule has 11 heteroatoms. The fourth-order valence-corrected chi connectivity index (χ4v) is 4.97. The topological polar surface area (TPSA) is 126 Å². The Bertz CT molecular complexity index is 803. The largest absolute Gasteiger partial charge is 0.464 e. The normalized spacial score (nSPS) is 32.9. The van der Waals surface area contributed by atoms with E-state index in [1.807, 2.05) is 0 Å². The van der Waals surface area contributed by atoms with Crippen molar-refractivity contribution in [2.75, 3.05) is 39.5 Å². The Labute approximate surface area is 186 Å². The molecule has 4 amide bonds. The summed E-state index contributed by atoms with van der Waals surface area (Å²) in [6.07, 6.45) is 2.30. The molecule has 1 N–H and O–H groups in total. The van der Waals surface area contributed by atoms with Crippen LogP contribution in [0.3, 0.4) is 0 Å². The molecular formula is C21H30N4O7. The van der Waals surface area contributed by atoms with E-state index in [9.17, 15) is 24.0 Å². The average molecular weight is 450 g/mol. The van der Waals surface area contributed by atoms with Gasteiger partial charge in [-0.25, -0.2) is 4.79 Å². The number of cyclic esters (lactones) is 1. The summed E-state index contributed by atoms with van der Waals surface area (Å²) in [6.45, 7) is 2.88. The molecule has 4 atom stereocenters. The summed E-state index contributed by atoms with van der Waals surface area (Å²) >= 11 is 0. The lowest BCUT2D eigenvalue weighted by molar-refractivity contribution is -0.158. The number of hydrogen-bond acceptors (Lipinski definition) is 7. The molecule has 0 aliphatic carbocycles. The number of esters is 1. The van der Waals surface area contributed by atoms with Crippen molar-refractivity contribution in [2.24, 2.45) is 0 Å². The third-order valence-corrected chi connectivity index (χ3v) is 6.67. The summed E-state index contributed by atoms with van der Waals surface area (Å²) in [7, 11) is 0. The Kier molecular flexibility index (Phi) is 6.63. The van der Waals surface area contributed by atoms with Crippen LogP contribution in [0.5, 0.6) is 0 Å². The van der Waals surface area contributed by atoms with Crippen LogP contribution in [-0.2, 0) is 33.4 Å². The molecule has 0 radical (unpaired) electrons. The van der Waals surface area contributed by atoms with Crippen molar-refractivity contribution in [1.29, 1.82) is 0 Å². The van der Waals surface area contributed by atoms with Gasteiger partial charge in [0.05, 0.1) is 19.6 Å². The summed E-state index contributed by atoms with van der Waals surface area (Å²) in [5, 5.41) is 2.69. The zero-order valence-corrected chi connectivity index (χ0v) is 18.3. The highest BCUT2D eigenvalue weighted by atomic mass is 16.5. The van der Waals surface area contributed by atoms with Crippen LogP contribution in [-0.4, -0.2) is 108 Å². The van der Waals surface area contributed by atoms with Crippen LogP contribution in [0.4, 0.5) is 0 Å². The van der Waals surface area contributed by atoms with Gasteiger partial charge in [-0.1, -0.05) is 0 Å². The second-order valence-electron chi connectivity index (χ2n) is 8.70. The molecule has 4 unspecified atom stereocenters. The number of morpholine rings is 1. The van der Waals surface area contributed by atoms with E-state index in [1.165, 1.54) is 14.7 Å². The lowest BCUT2D eigenvalue weighted by Gasteiger charge is -2.38. The number of nitrogens with zero attached hydrogens (tertiary/aromatic N) is 3. The van der Waals surface area contributed by atoms with Gasteiger partial charge in [-0.15, -0.1) is 0 Å². The Morgan fingerprint density at radius 1 is 0.812 bits per heavy atom.